The van der Waals surface area contributed by atoms with Crippen LogP contribution in [0.5, 0.6) is 0 Å². The Labute approximate surface area is 254 Å². The van der Waals surface area contributed by atoms with Gasteiger partial charge in [0.15, 0.2) is 15.5 Å². The Bertz CT molecular complexity index is 1370. The highest BCUT2D eigenvalue weighted by molar-refractivity contribution is 8.01. The van der Waals surface area contributed by atoms with Gasteiger partial charge in [-0.05, 0) is 56.1 Å². The first kappa shape index (κ1) is 30.8. The number of piperazine rings is 1. The highest BCUT2D eigenvalue weighted by Crippen LogP contribution is 2.59. The van der Waals surface area contributed by atoms with Crippen LogP contribution in [0.3, 0.4) is 0 Å². The summed E-state index contributed by atoms with van der Waals surface area (Å²) in [5, 5.41) is 21.8. The van der Waals surface area contributed by atoms with Crippen molar-refractivity contribution >= 4 is 47.1 Å². The molecule has 0 radical (unpaired) electrons. The number of ketones is 1. The number of Topliss-reactive ketones (excluding diaryl/α,β-unsaturated/α-hetero) is 1. The van der Waals surface area contributed by atoms with Crippen LogP contribution in [0.1, 0.15) is 40.5 Å². The van der Waals surface area contributed by atoms with Crippen LogP contribution < -0.4 is 0 Å². The topological polar surface area (TPSA) is 124 Å². The van der Waals surface area contributed by atoms with Crippen molar-refractivity contribution < 1.29 is 34.1 Å². The third-order valence-corrected chi connectivity index (χ3v) is 11.9. The lowest BCUT2D eigenvalue weighted by atomic mass is 9.87. The van der Waals surface area contributed by atoms with Crippen molar-refractivity contribution in [2.24, 2.45) is 11.8 Å². The number of carbonyl (C=O) groups is 4. The van der Waals surface area contributed by atoms with Crippen molar-refractivity contribution in [2.75, 3.05) is 12.5 Å². The highest BCUT2D eigenvalue weighted by atomic mass is 32.2. The Morgan fingerprint density at radius 2 is 1.50 bits per heavy atom. The second-order valence-corrected chi connectivity index (χ2v) is 13.8. The third kappa shape index (κ3) is 4.30. The number of carbonyl (C=O) groups excluding carboxylic acids is 4. The maximum Gasteiger partial charge on any atom is 0.311 e. The third-order valence-electron chi connectivity index (χ3n) is 9.51. The molecule has 0 saturated carbocycles. The van der Waals surface area contributed by atoms with Gasteiger partial charge in [0.05, 0.1) is 30.2 Å². The van der Waals surface area contributed by atoms with E-state index < -0.39 is 57.9 Å². The second kappa shape index (κ2) is 11.2. The monoisotopic (exact) mass is 614 g/mol. The molecule has 0 unspecified atom stereocenters. The summed E-state index contributed by atoms with van der Waals surface area (Å²) in [4.78, 5) is 55.9. The van der Waals surface area contributed by atoms with E-state index >= 15 is 0 Å². The summed E-state index contributed by atoms with van der Waals surface area (Å²) in [6.45, 7) is 6.51. The minimum atomic E-state index is -1.27. The van der Waals surface area contributed by atoms with Crippen molar-refractivity contribution in [1.82, 2.24) is 9.80 Å². The molecular weight excluding hydrogens is 576 g/mol. The summed E-state index contributed by atoms with van der Waals surface area (Å²) in [5.74, 6) is -3.26. The first-order valence-corrected chi connectivity index (χ1v) is 16.6. The van der Waals surface area contributed by atoms with Gasteiger partial charge in [0, 0.05) is 18.8 Å². The van der Waals surface area contributed by atoms with Crippen molar-refractivity contribution in [2.45, 2.75) is 80.7 Å². The van der Waals surface area contributed by atoms with Crippen LogP contribution in [0.2, 0.25) is 0 Å². The number of thioether (sulfide) groups is 2. The standard InChI is InChI=1S/C31H38N2O7S2/c1-7-16(2)25(35)17(3)26(36)18(4)27(37)40-22-13-9-11-20-15-31(42-6)28(38)32-23-19(10-8-12-21(23)34)14-30(32,41-5)29(39)33(31)24(20)22/h7-13,17-18,21-24,26,34,36H,14-15H2,1-6H3/t17-,18-,21+,22+,23+,24+,26+,30-,31-/m1/s1. The van der Waals surface area contributed by atoms with Gasteiger partial charge in [-0.2, -0.15) is 0 Å². The highest BCUT2D eigenvalue weighted by Gasteiger charge is 2.72. The number of hydrogen-bond donors (Lipinski definition) is 2. The zero-order chi connectivity index (χ0) is 30.7. The largest absolute Gasteiger partial charge is 0.455 e. The Hall–Kier alpha value is -2.60. The molecule has 226 valence electrons. The Kier molecular flexibility index (Phi) is 8.19. The summed E-state index contributed by atoms with van der Waals surface area (Å²) in [6.07, 6.45) is 13.3. The first-order valence-electron chi connectivity index (χ1n) is 14.2. The molecule has 3 aliphatic heterocycles. The normalized spacial score (nSPS) is 35.5. The number of amides is 2. The maximum atomic E-state index is 14.7. The minimum Gasteiger partial charge on any atom is -0.455 e. The lowest BCUT2D eigenvalue weighted by Gasteiger charge is -2.54. The van der Waals surface area contributed by atoms with Crippen LogP contribution in [0.25, 0.3) is 0 Å². The first-order chi connectivity index (χ1) is 19.9. The van der Waals surface area contributed by atoms with Gasteiger partial charge >= 0.3 is 5.97 Å². The van der Waals surface area contributed by atoms with Crippen molar-refractivity contribution in [3.63, 3.8) is 0 Å². The maximum absolute atomic E-state index is 14.7. The van der Waals surface area contributed by atoms with Crippen LogP contribution >= 0.6 is 23.5 Å². The Morgan fingerprint density at radius 1 is 0.976 bits per heavy atom. The van der Waals surface area contributed by atoms with E-state index in [1.54, 1.807) is 73.5 Å². The predicted octanol–water partition coefficient (Wildman–Crippen LogP) is 2.75. The number of fused-ring (bicyclic) bond motifs is 6. The number of aliphatic hydroxyl groups excluding tert-OH is 2. The zero-order valence-corrected chi connectivity index (χ0v) is 26.3. The average molecular weight is 615 g/mol. The molecule has 3 saturated heterocycles. The zero-order valence-electron chi connectivity index (χ0n) is 24.6. The van der Waals surface area contributed by atoms with E-state index in [9.17, 15) is 29.4 Å². The van der Waals surface area contributed by atoms with Crippen molar-refractivity contribution in [3.8, 4) is 0 Å². The Balaban J connectivity index is 1.46. The molecule has 2 aliphatic carbocycles. The quantitative estimate of drug-likeness (QED) is 0.314. The fourth-order valence-corrected chi connectivity index (χ4v) is 8.91. The molecule has 9 atom stereocenters. The molecule has 0 aromatic heterocycles. The number of hydrogen-bond acceptors (Lipinski definition) is 9. The number of rotatable bonds is 8. The number of ether oxygens (including phenoxy) is 1. The van der Waals surface area contributed by atoms with Crippen molar-refractivity contribution in [1.29, 1.82) is 0 Å². The average Bonchev–Trinajstić information content (AvgIpc) is 3.54. The van der Waals surface area contributed by atoms with Crippen LogP contribution in [-0.4, -0.2) is 96.2 Å². The SMILES string of the molecule is CC=C(C)C(=O)[C@@H](C)[C@H](O)[C@@H](C)C(=O)O[C@H]1C=CC=C2C[C@@]3(SC)C(=O)N4[C@H]5C(=CC=C[C@@H]5O)C[C@@]4(SC)C(=O)N3[C@@H]21. The number of allylic oxidation sites excluding steroid dienone is 6. The van der Waals surface area contributed by atoms with Crippen LogP contribution in [-0.2, 0) is 23.9 Å². The van der Waals surface area contributed by atoms with Gasteiger partial charge in [0.25, 0.3) is 11.8 Å². The van der Waals surface area contributed by atoms with Crippen molar-refractivity contribution in [3.05, 3.63) is 59.3 Å². The molecule has 0 aromatic carbocycles. The molecule has 5 rings (SSSR count). The molecule has 3 heterocycles. The van der Waals surface area contributed by atoms with Gasteiger partial charge in [0.2, 0.25) is 0 Å². The molecule has 9 nitrogen and oxygen atoms in total. The van der Waals surface area contributed by atoms with E-state index in [-0.39, 0.29) is 24.0 Å². The fraction of sp³-hybridized carbons (Fsp3) is 0.548. The number of aliphatic hydroxyl groups is 2. The Morgan fingerprint density at radius 3 is 2.05 bits per heavy atom. The van der Waals surface area contributed by atoms with Gasteiger partial charge in [0.1, 0.15) is 6.10 Å². The lowest BCUT2D eigenvalue weighted by Crippen LogP contribution is -2.74. The van der Waals surface area contributed by atoms with Crippen LogP contribution in [0.15, 0.2) is 59.3 Å². The second-order valence-electron chi connectivity index (χ2n) is 11.6. The fourth-order valence-electron chi connectivity index (χ4n) is 6.96. The summed E-state index contributed by atoms with van der Waals surface area (Å²) in [6, 6.07) is -1.32. The van der Waals surface area contributed by atoms with E-state index in [0.29, 0.717) is 12.0 Å². The molecular formula is C31H38N2O7S2. The van der Waals surface area contributed by atoms with E-state index in [1.807, 2.05) is 12.2 Å². The molecule has 2 amide bonds. The summed E-state index contributed by atoms with van der Waals surface area (Å²) in [7, 11) is 0. The lowest BCUT2D eigenvalue weighted by molar-refractivity contribution is -0.171. The predicted molar refractivity (Wildman–Crippen MR) is 162 cm³/mol. The molecule has 0 bridgehead atoms. The molecule has 5 aliphatic rings. The molecule has 0 spiro atoms. The molecule has 11 heteroatoms. The van der Waals surface area contributed by atoms with Gasteiger partial charge in [-0.1, -0.05) is 43.4 Å². The van der Waals surface area contributed by atoms with Crippen LogP contribution in [0, 0.1) is 11.8 Å². The smallest absolute Gasteiger partial charge is 0.311 e. The molecule has 42 heavy (non-hydrogen) atoms. The van der Waals surface area contributed by atoms with E-state index in [1.165, 1.54) is 30.4 Å². The number of esters is 1. The van der Waals surface area contributed by atoms with Gasteiger partial charge in [-0.3, -0.25) is 19.2 Å². The van der Waals surface area contributed by atoms with Gasteiger partial charge in [-0.25, -0.2) is 0 Å². The van der Waals surface area contributed by atoms with E-state index in [0.717, 1.165) is 11.1 Å². The molecule has 3 fully saturated rings. The summed E-state index contributed by atoms with van der Waals surface area (Å²) >= 11 is 2.56. The van der Waals surface area contributed by atoms with E-state index in [4.69, 9.17) is 4.74 Å². The molecule has 2 N–H and O–H groups in total. The van der Waals surface area contributed by atoms with Gasteiger partial charge in [-0.15, -0.1) is 23.5 Å². The van der Waals surface area contributed by atoms with E-state index in [2.05, 4.69) is 0 Å². The summed E-state index contributed by atoms with van der Waals surface area (Å²) < 4.78 is 5.97. The summed E-state index contributed by atoms with van der Waals surface area (Å²) in [5.41, 5.74) is 2.13. The van der Waals surface area contributed by atoms with Crippen LogP contribution in [0.4, 0.5) is 0 Å². The minimum absolute atomic E-state index is 0.245. The van der Waals surface area contributed by atoms with Gasteiger partial charge < -0.3 is 24.7 Å². The molecule has 0 aromatic rings. The number of nitrogens with zero attached hydrogens (tertiary/aromatic N) is 2.